The molecule has 0 aromatic heterocycles. The first-order chi connectivity index (χ1) is 6.20. The SMILES string of the molecule is C=CCC(C(C)O)(N(C)C)S(=O)(=O)O. The second-order valence-electron chi connectivity index (χ2n) is 3.38. The lowest BCUT2D eigenvalue weighted by Crippen LogP contribution is -2.57. The van der Waals surface area contributed by atoms with E-state index in [1.807, 2.05) is 0 Å². The lowest BCUT2D eigenvalue weighted by Gasteiger charge is -2.38. The molecule has 6 heteroatoms. The van der Waals surface area contributed by atoms with Crippen LogP contribution in [-0.2, 0) is 10.1 Å². The Hall–Kier alpha value is -0.430. The maximum absolute atomic E-state index is 11.2. The Morgan fingerprint density at radius 1 is 1.57 bits per heavy atom. The van der Waals surface area contributed by atoms with Crippen LogP contribution < -0.4 is 0 Å². The van der Waals surface area contributed by atoms with Crippen LogP contribution in [0.5, 0.6) is 0 Å². The molecule has 0 spiro atoms. The van der Waals surface area contributed by atoms with E-state index in [1.54, 1.807) is 0 Å². The molecule has 0 saturated carbocycles. The number of nitrogens with zero attached hydrogens (tertiary/aromatic N) is 1. The van der Waals surface area contributed by atoms with Gasteiger partial charge in [0.05, 0.1) is 6.10 Å². The van der Waals surface area contributed by atoms with Crippen molar-refractivity contribution in [3.05, 3.63) is 12.7 Å². The molecule has 0 aromatic rings. The summed E-state index contributed by atoms with van der Waals surface area (Å²) in [5.41, 5.74) is 0. The van der Waals surface area contributed by atoms with Crippen LogP contribution in [0.2, 0.25) is 0 Å². The molecule has 0 aliphatic heterocycles. The third kappa shape index (κ3) is 2.14. The van der Waals surface area contributed by atoms with Crippen LogP contribution >= 0.6 is 0 Å². The van der Waals surface area contributed by atoms with Gasteiger partial charge in [0, 0.05) is 6.42 Å². The van der Waals surface area contributed by atoms with Crippen molar-refractivity contribution < 1.29 is 18.1 Å². The van der Waals surface area contributed by atoms with Crippen molar-refractivity contribution in [1.29, 1.82) is 0 Å². The number of hydrogen-bond donors (Lipinski definition) is 2. The second kappa shape index (κ2) is 4.39. The fraction of sp³-hybridized carbons (Fsp3) is 0.750. The number of likely N-dealkylation sites (N-methyl/N-ethyl adjacent to an activating group) is 1. The van der Waals surface area contributed by atoms with Gasteiger partial charge >= 0.3 is 0 Å². The lowest BCUT2D eigenvalue weighted by molar-refractivity contribution is 0.0564. The fourth-order valence-corrected chi connectivity index (χ4v) is 2.71. The molecule has 0 aliphatic rings. The first-order valence-electron chi connectivity index (χ1n) is 4.13. The van der Waals surface area contributed by atoms with Crippen LogP contribution in [0.25, 0.3) is 0 Å². The highest BCUT2D eigenvalue weighted by atomic mass is 32.2. The van der Waals surface area contributed by atoms with Crippen molar-refractivity contribution in [2.24, 2.45) is 0 Å². The molecule has 0 fully saturated rings. The molecule has 0 aromatic carbocycles. The first-order valence-corrected chi connectivity index (χ1v) is 5.57. The average molecular weight is 223 g/mol. The Morgan fingerprint density at radius 3 is 2.07 bits per heavy atom. The molecular formula is C8H17NO4S. The predicted octanol–water partition coefficient (Wildman–Crippen LogP) is 0.0890. The van der Waals surface area contributed by atoms with Crippen LogP contribution in [0.15, 0.2) is 12.7 Å². The highest BCUT2D eigenvalue weighted by molar-refractivity contribution is 7.87. The summed E-state index contributed by atoms with van der Waals surface area (Å²) in [5, 5.41) is 9.47. The number of rotatable bonds is 5. The van der Waals surface area contributed by atoms with Gasteiger partial charge in [0.25, 0.3) is 10.1 Å². The van der Waals surface area contributed by atoms with E-state index in [-0.39, 0.29) is 6.42 Å². The van der Waals surface area contributed by atoms with Gasteiger partial charge in [0.1, 0.15) is 0 Å². The zero-order valence-electron chi connectivity index (χ0n) is 8.64. The summed E-state index contributed by atoms with van der Waals surface area (Å²) >= 11 is 0. The Bertz CT molecular complexity index is 286. The van der Waals surface area contributed by atoms with E-state index in [0.29, 0.717) is 0 Å². The highest BCUT2D eigenvalue weighted by Crippen LogP contribution is 2.28. The van der Waals surface area contributed by atoms with E-state index in [0.717, 1.165) is 0 Å². The fourth-order valence-electron chi connectivity index (χ4n) is 1.49. The maximum Gasteiger partial charge on any atom is 0.287 e. The van der Waals surface area contributed by atoms with Gasteiger partial charge in [-0.3, -0.25) is 9.45 Å². The summed E-state index contributed by atoms with van der Waals surface area (Å²) in [6, 6.07) is 0. The summed E-state index contributed by atoms with van der Waals surface area (Å²) in [7, 11) is -1.43. The van der Waals surface area contributed by atoms with Gasteiger partial charge in [-0.1, -0.05) is 6.08 Å². The van der Waals surface area contributed by atoms with Crippen LogP contribution in [0.3, 0.4) is 0 Å². The lowest BCUT2D eigenvalue weighted by atomic mass is 10.1. The van der Waals surface area contributed by atoms with Crippen molar-refractivity contribution in [1.82, 2.24) is 4.90 Å². The van der Waals surface area contributed by atoms with E-state index in [4.69, 9.17) is 4.55 Å². The Balaban J connectivity index is 5.51. The molecule has 2 N–H and O–H groups in total. The summed E-state index contributed by atoms with van der Waals surface area (Å²) in [6.07, 6.45) is 0.0854. The largest absolute Gasteiger partial charge is 0.390 e. The normalized spacial score (nSPS) is 19.0. The maximum atomic E-state index is 11.2. The summed E-state index contributed by atoms with van der Waals surface area (Å²) in [4.78, 5) is -0.441. The zero-order valence-corrected chi connectivity index (χ0v) is 9.45. The van der Waals surface area contributed by atoms with Gasteiger partial charge in [-0.15, -0.1) is 6.58 Å². The molecule has 2 unspecified atom stereocenters. The third-order valence-electron chi connectivity index (χ3n) is 2.29. The van der Waals surface area contributed by atoms with Crippen LogP contribution in [0, 0.1) is 0 Å². The molecule has 0 radical (unpaired) electrons. The van der Waals surface area contributed by atoms with Gasteiger partial charge in [-0.25, -0.2) is 0 Å². The van der Waals surface area contributed by atoms with E-state index in [9.17, 15) is 13.5 Å². The van der Waals surface area contributed by atoms with Crippen LogP contribution in [0.4, 0.5) is 0 Å². The monoisotopic (exact) mass is 223 g/mol. The molecule has 0 heterocycles. The molecule has 0 aliphatic carbocycles. The smallest absolute Gasteiger partial charge is 0.287 e. The summed E-state index contributed by atoms with van der Waals surface area (Å²) < 4.78 is 31.6. The quantitative estimate of drug-likeness (QED) is 0.510. The second-order valence-corrected chi connectivity index (χ2v) is 5.04. The van der Waals surface area contributed by atoms with Crippen LogP contribution in [0.1, 0.15) is 13.3 Å². The first kappa shape index (κ1) is 13.6. The molecule has 2 atom stereocenters. The average Bonchev–Trinajstić information content (AvgIpc) is 1.95. The molecule has 0 amide bonds. The molecule has 14 heavy (non-hydrogen) atoms. The van der Waals surface area contributed by atoms with E-state index in [1.165, 1.54) is 32.0 Å². The van der Waals surface area contributed by atoms with E-state index >= 15 is 0 Å². The molecule has 5 nitrogen and oxygen atoms in total. The Kier molecular flexibility index (Phi) is 4.26. The number of hydrogen-bond acceptors (Lipinski definition) is 4. The topological polar surface area (TPSA) is 77.8 Å². The third-order valence-corrected chi connectivity index (χ3v) is 4.06. The minimum Gasteiger partial charge on any atom is -0.390 e. The molecule has 0 bridgehead atoms. The molecular weight excluding hydrogens is 206 g/mol. The minimum absolute atomic E-state index is 0.0451. The van der Waals surface area contributed by atoms with Crippen molar-refractivity contribution in [2.45, 2.75) is 24.3 Å². The van der Waals surface area contributed by atoms with Gasteiger partial charge in [-0.2, -0.15) is 8.42 Å². The van der Waals surface area contributed by atoms with Crippen molar-refractivity contribution in [2.75, 3.05) is 14.1 Å². The summed E-state index contributed by atoms with van der Waals surface area (Å²) in [5.74, 6) is 0. The van der Waals surface area contributed by atoms with Crippen molar-refractivity contribution >= 4 is 10.1 Å². The van der Waals surface area contributed by atoms with Gasteiger partial charge in [0.2, 0.25) is 0 Å². The summed E-state index contributed by atoms with van der Waals surface area (Å²) in [6.45, 7) is 4.73. The Morgan fingerprint density at radius 2 is 2.00 bits per heavy atom. The zero-order chi connectivity index (χ0) is 11.6. The molecule has 0 rings (SSSR count). The molecule has 84 valence electrons. The molecule has 0 saturated heterocycles. The Labute approximate surface area is 84.8 Å². The van der Waals surface area contributed by atoms with E-state index in [2.05, 4.69) is 6.58 Å². The van der Waals surface area contributed by atoms with Gasteiger partial charge < -0.3 is 5.11 Å². The minimum atomic E-state index is -4.38. The highest BCUT2D eigenvalue weighted by Gasteiger charge is 2.48. The van der Waals surface area contributed by atoms with Crippen molar-refractivity contribution in [3.8, 4) is 0 Å². The number of aliphatic hydroxyl groups excluding tert-OH is 1. The van der Waals surface area contributed by atoms with Gasteiger partial charge in [-0.05, 0) is 21.0 Å². The standard InChI is InChI=1S/C8H17NO4S/c1-5-6-8(7(2)10,9(3)4)14(11,12)13/h5,7,10H,1,6H2,2-4H3,(H,11,12,13). The van der Waals surface area contributed by atoms with E-state index < -0.39 is 21.1 Å². The van der Waals surface area contributed by atoms with Crippen LogP contribution in [-0.4, -0.2) is 48.0 Å². The van der Waals surface area contributed by atoms with Crippen molar-refractivity contribution in [3.63, 3.8) is 0 Å². The van der Waals surface area contributed by atoms with Gasteiger partial charge in [0.15, 0.2) is 4.87 Å². The number of aliphatic hydroxyl groups is 1. The predicted molar refractivity (Wildman–Crippen MR) is 54.5 cm³/mol.